The van der Waals surface area contributed by atoms with Gasteiger partial charge in [-0.3, -0.25) is 0 Å². The second-order valence-electron chi connectivity index (χ2n) is 8.11. The molecular formula is C22H37N. The van der Waals surface area contributed by atoms with Crippen molar-refractivity contribution in [1.82, 2.24) is 4.90 Å². The molecule has 1 aromatic rings. The second-order valence-corrected chi connectivity index (χ2v) is 8.11. The van der Waals surface area contributed by atoms with Crippen LogP contribution in [0.1, 0.15) is 78.0 Å². The van der Waals surface area contributed by atoms with Gasteiger partial charge in [-0.25, -0.2) is 0 Å². The summed E-state index contributed by atoms with van der Waals surface area (Å²) in [6.45, 7) is 23.7. The monoisotopic (exact) mass is 315 g/mol. The van der Waals surface area contributed by atoms with E-state index >= 15 is 0 Å². The van der Waals surface area contributed by atoms with Crippen LogP contribution in [0.3, 0.4) is 0 Å². The summed E-state index contributed by atoms with van der Waals surface area (Å²) in [5.41, 5.74) is 5.37. The van der Waals surface area contributed by atoms with E-state index in [2.05, 4.69) is 85.1 Å². The molecule has 2 atom stereocenters. The molecule has 0 bridgehead atoms. The van der Waals surface area contributed by atoms with E-state index in [4.69, 9.17) is 0 Å². The van der Waals surface area contributed by atoms with Crippen LogP contribution >= 0.6 is 0 Å². The Morgan fingerprint density at radius 3 is 2.26 bits per heavy atom. The van der Waals surface area contributed by atoms with E-state index in [0.29, 0.717) is 6.04 Å². The van der Waals surface area contributed by atoms with Crippen LogP contribution in [0.2, 0.25) is 0 Å². The third kappa shape index (κ3) is 5.12. The van der Waals surface area contributed by atoms with Gasteiger partial charge in [-0.05, 0) is 61.3 Å². The Kier molecular flexibility index (Phi) is 6.92. The molecule has 0 aromatic heterocycles. The molecule has 0 saturated carbocycles. The van der Waals surface area contributed by atoms with Gasteiger partial charge in [0.25, 0.3) is 0 Å². The van der Waals surface area contributed by atoms with Crippen molar-refractivity contribution in [3.63, 3.8) is 0 Å². The Hall–Kier alpha value is -1.24. The molecule has 0 amide bonds. The minimum Gasteiger partial charge on any atom is -0.369 e. The van der Waals surface area contributed by atoms with Gasteiger partial charge in [0.15, 0.2) is 0 Å². The summed E-state index contributed by atoms with van der Waals surface area (Å²) >= 11 is 0. The van der Waals surface area contributed by atoms with Gasteiger partial charge in [-0.1, -0.05) is 59.8 Å². The zero-order valence-electron chi connectivity index (χ0n) is 16.7. The van der Waals surface area contributed by atoms with E-state index in [9.17, 15) is 0 Å². The fourth-order valence-corrected chi connectivity index (χ4v) is 3.42. The highest BCUT2D eigenvalue weighted by Crippen LogP contribution is 2.30. The van der Waals surface area contributed by atoms with Crippen LogP contribution in [0, 0.1) is 12.8 Å². The van der Waals surface area contributed by atoms with Crippen molar-refractivity contribution in [1.29, 1.82) is 0 Å². The minimum absolute atomic E-state index is 0.166. The Morgan fingerprint density at radius 2 is 1.78 bits per heavy atom. The first-order chi connectivity index (χ1) is 10.6. The normalized spacial score (nSPS) is 14.4. The van der Waals surface area contributed by atoms with Gasteiger partial charge < -0.3 is 4.90 Å². The molecule has 0 aliphatic carbocycles. The third-order valence-corrected chi connectivity index (χ3v) is 5.04. The van der Waals surface area contributed by atoms with Crippen molar-refractivity contribution < 1.29 is 0 Å². The van der Waals surface area contributed by atoms with Crippen molar-refractivity contribution in [2.75, 3.05) is 6.54 Å². The van der Waals surface area contributed by atoms with Gasteiger partial charge in [-0.2, -0.15) is 0 Å². The van der Waals surface area contributed by atoms with Gasteiger partial charge in [0.1, 0.15) is 0 Å². The van der Waals surface area contributed by atoms with E-state index in [1.807, 2.05) is 0 Å². The first-order valence-electron chi connectivity index (χ1n) is 9.18. The molecule has 0 saturated heterocycles. The fraction of sp³-hybridized carbons (Fsp3) is 0.636. The number of aryl methyl sites for hydroxylation is 1. The molecule has 2 unspecified atom stereocenters. The molecule has 0 N–H and O–H groups in total. The van der Waals surface area contributed by atoms with Crippen LogP contribution in [0.4, 0.5) is 0 Å². The maximum absolute atomic E-state index is 4.43. The molecule has 0 aliphatic rings. The van der Waals surface area contributed by atoms with Crippen LogP contribution in [0.5, 0.6) is 0 Å². The molecule has 23 heavy (non-hydrogen) atoms. The molecule has 0 radical (unpaired) electrons. The van der Waals surface area contributed by atoms with E-state index < -0.39 is 0 Å². The van der Waals surface area contributed by atoms with Gasteiger partial charge in [0, 0.05) is 18.3 Å². The molecular weight excluding hydrogens is 278 g/mol. The van der Waals surface area contributed by atoms with E-state index in [0.717, 1.165) is 18.2 Å². The summed E-state index contributed by atoms with van der Waals surface area (Å²) in [5.74, 6) is 0.759. The van der Waals surface area contributed by atoms with Gasteiger partial charge in [-0.15, -0.1) is 0 Å². The minimum atomic E-state index is 0.166. The van der Waals surface area contributed by atoms with Crippen LogP contribution in [-0.2, 0) is 5.41 Å². The lowest BCUT2D eigenvalue weighted by Crippen LogP contribution is -2.32. The largest absolute Gasteiger partial charge is 0.369 e. The highest BCUT2D eigenvalue weighted by atomic mass is 15.2. The highest BCUT2D eigenvalue weighted by Gasteiger charge is 2.20. The van der Waals surface area contributed by atoms with E-state index in [1.54, 1.807) is 0 Å². The maximum Gasteiger partial charge on any atom is 0.0369 e. The van der Waals surface area contributed by atoms with E-state index in [1.165, 1.54) is 29.5 Å². The first kappa shape index (κ1) is 19.8. The molecule has 1 nitrogen and oxygen atoms in total. The maximum atomic E-state index is 4.43. The van der Waals surface area contributed by atoms with Crippen molar-refractivity contribution in [2.45, 2.75) is 79.7 Å². The quantitative estimate of drug-likeness (QED) is 0.562. The van der Waals surface area contributed by atoms with Crippen molar-refractivity contribution in [2.24, 2.45) is 5.92 Å². The lowest BCUT2D eigenvalue weighted by molar-refractivity contribution is 0.276. The zero-order chi connectivity index (χ0) is 17.8. The summed E-state index contributed by atoms with van der Waals surface area (Å²) in [6, 6.07) is 7.35. The predicted octanol–water partition coefficient (Wildman–Crippen LogP) is 6.41. The van der Waals surface area contributed by atoms with Crippen LogP contribution in [0.15, 0.2) is 24.8 Å². The Bertz CT molecular complexity index is 521. The van der Waals surface area contributed by atoms with Crippen molar-refractivity contribution in [3.05, 3.63) is 41.5 Å². The van der Waals surface area contributed by atoms with Crippen LogP contribution in [-0.4, -0.2) is 17.5 Å². The summed E-state index contributed by atoms with van der Waals surface area (Å²) in [4.78, 5) is 2.46. The first-order valence-corrected chi connectivity index (χ1v) is 9.18. The Labute approximate surface area is 144 Å². The van der Waals surface area contributed by atoms with Gasteiger partial charge >= 0.3 is 0 Å². The van der Waals surface area contributed by atoms with Crippen LogP contribution in [0.25, 0.3) is 5.70 Å². The molecule has 130 valence electrons. The van der Waals surface area contributed by atoms with Gasteiger partial charge in [0.05, 0.1) is 0 Å². The molecule has 0 fully saturated rings. The summed E-state index contributed by atoms with van der Waals surface area (Å²) in [6.07, 6.45) is 2.47. The smallest absolute Gasteiger partial charge is 0.0369 e. The molecule has 1 heteroatoms. The standard InChI is InChI=1S/C22H37N/c1-10-16(3)14-18(5)23(11-2)19(6)20-13-12-17(4)21(15-20)22(7,8)9/h12-13,15-16,18H,6,10-11,14H2,1-5,7-9H3. The SMILES string of the molecule is C=C(c1ccc(C)c(C(C)(C)C)c1)N(CC)C(C)CC(C)CC. The Morgan fingerprint density at radius 1 is 1.17 bits per heavy atom. The van der Waals surface area contributed by atoms with Gasteiger partial charge in [0.2, 0.25) is 0 Å². The number of benzene rings is 1. The molecule has 0 heterocycles. The average molecular weight is 316 g/mol. The van der Waals surface area contributed by atoms with Crippen molar-refractivity contribution >= 4 is 5.70 Å². The zero-order valence-corrected chi connectivity index (χ0v) is 16.7. The molecule has 0 spiro atoms. The lowest BCUT2D eigenvalue weighted by Gasteiger charge is -2.34. The third-order valence-electron chi connectivity index (χ3n) is 5.04. The fourth-order valence-electron chi connectivity index (χ4n) is 3.42. The Balaban J connectivity index is 3.07. The summed E-state index contributed by atoms with van der Waals surface area (Å²) in [7, 11) is 0. The summed E-state index contributed by atoms with van der Waals surface area (Å²) in [5, 5.41) is 0. The molecule has 1 rings (SSSR count). The van der Waals surface area contributed by atoms with Crippen LogP contribution < -0.4 is 0 Å². The lowest BCUT2D eigenvalue weighted by atomic mass is 9.83. The number of nitrogens with zero attached hydrogens (tertiary/aromatic N) is 1. The highest BCUT2D eigenvalue weighted by molar-refractivity contribution is 5.64. The number of hydrogen-bond acceptors (Lipinski definition) is 1. The number of rotatable bonds is 7. The molecule has 0 aliphatic heterocycles. The van der Waals surface area contributed by atoms with Crippen molar-refractivity contribution in [3.8, 4) is 0 Å². The predicted molar refractivity (Wildman–Crippen MR) is 105 cm³/mol. The van der Waals surface area contributed by atoms with E-state index in [-0.39, 0.29) is 5.41 Å². The molecule has 1 aromatic carbocycles. The topological polar surface area (TPSA) is 3.24 Å². The summed E-state index contributed by atoms with van der Waals surface area (Å²) < 4.78 is 0. The second kappa shape index (κ2) is 8.04. The average Bonchev–Trinajstić information content (AvgIpc) is 2.46. The number of hydrogen-bond donors (Lipinski definition) is 0.